The van der Waals surface area contributed by atoms with Gasteiger partial charge in [-0.3, -0.25) is 0 Å². The van der Waals surface area contributed by atoms with Crippen LogP contribution in [-0.2, 0) is 6.42 Å². The van der Waals surface area contributed by atoms with Crippen molar-refractivity contribution >= 4 is 0 Å². The van der Waals surface area contributed by atoms with Crippen molar-refractivity contribution in [3.05, 3.63) is 24.2 Å². The lowest BCUT2D eigenvalue weighted by Crippen LogP contribution is -2.18. The van der Waals surface area contributed by atoms with Gasteiger partial charge in [-0.15, -0.1) is 0 Å². The van der Waals surface area contributed by atoms with E-state index in [4.69, 9.17) is 4.42 Å². The van der Waals surface area contributed by atoms with Gasteiger partial charge in [0.15, 0.2) is 0 Å². The molecule has 2 nitrogen and oxygen atoms in total. The lowest BCUT2D eigenvalue weighted by molar-refractivity contribution is 0.170. The van der Waals surface area contributed by atoms with E-state index in [2.05, 4.69) is 0 Å². The lowest BCUT2D eigenvalue weighted by Gasteiger charge is -2.19. The van der Waals surface area contributed by atoms with Crippen molar-refractivity contribution in [3.63, 3.8) is 0 Å². The zero-order valence-electron chi connectivity index (χ0n) is 8.48. The van der Waals surface area contributed by atoms with Crippen LogP contribution in [0.4, 0.5) is 0 Å². The van der Waals surface area contributed by atoms with E-state index in [9.17, 15) is 5.11 Å². The summed E-state index contributed by atoms with van der Waals surface area (Å²) in [6.45, 7) is 0.297. The van der Waals surface area contributed by atoms with Gasteiger partial charge >= 0.3 is 0 Å². The van der Waals surface area contributed by atoms with Crippen molar-refractivity contribution in [2.75, 3.05) is 6.61 Å². The van der Waals surface area contributed by atoms with E-state index in [1.165, 1.54) is 25.7 Å². The summed E-state index contributed by atoms with van der Waals surface area (Å²) in [4.78, 5) is 0. The summed E-state index contributed by atoms with van der Waals surface area (Å²) in [6.07, 6.45) is 7.84. The summed E-state index contributed by atoms with van der Waals surface area (Å²) in [5.41, 5.74) is 0. The van der Waals surface area contributed by atoms with Gasteiger partial charge in [0, 0.05) is 13.0 Å². The molecule has 0 bridgehead atoms. The molecule has 1 N–H and O–H groups in total. The molecule has 2 rings (SSSR count). The summed E-state index contributed by atoms with van der Waals surface area (Å²) < 4.78 is 5.31. The molecule has 1 atom stereocenters. The number of aliphatic hydroxyl groups is 1. The fourth-order valence-corrected chi connectivity index (χ4v) is 2.50. The summed E-state index contributed by atoms with van der Waals surface area (Å²) in [5.74, 6) is 2.13. The van der Waals surface area contributed by atoms with Gasteiger partial charge in [0.05, 0.1) is 6.26 Å². The maximum atomic E-state index is 9.34. The number of rotatable bonds is 4. The highest BCUT2D eigenvalue weighted by Crippen LogP contribution is 2.32. The van der Waals surface area contributed by atoms with E-state index in [-0.39, 0.29) is 0 Å². The van der Waals surface area contributed by atoms with Gasteiger partial charge in [-0.2, -0.15) is 0 Å². The van der Waals surface area contributed by atoms with Gasteiger partial charge in [-0.1, -0.05) is 25.7 Å². The van der Waals surface area contributed by atoms with Crippen LogP contribution in [0.15, 0.2) is 22.8 Å². The first kappa shape index (κ1) is 9.78. The smallest absolute Gasteiger partial charge is 0.104 e. The van der Waals surface area contributed by atoms with Crippen LogP contribution in [0, 0.1) is 11.8 Å². The van der Waals surface area contributed by atoms with Gasteiger partial charge < -0.3 is 9.52 Å². The van der Waals surface area contributed by atoms with E-state index in [0.717, 1.165) is 12.2 Å². The van der Waals surface area contributed by atoms with Crippen molar-refractivity contribution < 1.29 is 9.52 Å². The molecular weight excluding hydrogens is 176 g/mol. The summed E-state index contributed by atoms with van der Waals surface area (Å²) in [6, 6.07) is 3.91. The zero-order chi connectivity index (χ0) is 9.80. The Balaban J connectivity index is 1.92. The molecule has 1 aliphatic carbocycles. The number of hydrogen-bond donors (Lipinski definition) is 1. The normalized spacial score (nSPS) is 20.1. The Labute approximate surface area is 84.9 Å². The van der Waals surface area contributed by atoms with Gasteiger partial charge in [0.2, 0.25) is 0 Å². The summed E-state index contributed by atoms with van der Waals surface area (Å²) in [5, 5.41) is 9.34. The Morgan fingerprint density at radius 2 is 2.21 bits per heavy atom. The van der Waals surface area contributed by atoms with Crippen LogP contribution in [0.5, 0.6) is 0 Å². The fraction of sp³-hybridized carbons (Fsp3) is 0.667. The van der Waals surface area contributed by atoms with Gasteiger partial charge in [0.25, 0.3) is 0 Å². The second-order valence-electron chi connectivity index (χ2n) is 4.27. The molecule has 2 heteroatoms. The highest BCUT2D eigenvalue weighted by Gasteiger charge is 2.25. The third-order valence-electron chi connectivity index (χ3n) is 3.34. The monoisotopic (exact) mass is 194 g/mol. The van der Waals surface area contributed by atoms with Crippen LogP contribution in [0.25, 0.3) is 0 Å². The molecule has 1 unspecified atom stereocenters. The minimum atomic E-state index is 0.297. The highest BCUT2D eigenvalue weighted by molar-refractivity contribution is 5.00. The molecule has 0 saturated heterocycles. The Morgan fingerprint density at radius 1 is 1.43 bits per heavy atom. The molecule has 1 fully saturated rings. The lowest BCUT2D eigenvalue weighted by atomic mass is 9.88. The first-order chi connectivity index (χ1) is 6.90. The van der Waals surface area contributed by atoms with Crippen LogP contribution >= 0.6 is 0 Å². The third-order valence-corrected chi connectivity index (χ3v) is 3.34. The third kappa shape index (κ3) is 2.18. The van der Waals surface area contributed by atoms with Gasteiger partial charge in [0.1, 0.15) is 5.76 Å². The molecule has 0 aliphatic heterocycles. The van der Waals surface area contributed by atoms with E-state index in [0.29, 0.717) is 18.4 Å². The van der Waals surface area contributed by atoms with Crippen LogP contribution in [0.3, 0.4) is 0 Å². The van der Waals surface area contributed by atoms with Crippen LogP contribution in [0.1, 0.15) is 31.4 Å². The Kier molecular flexibility index (Phi) is 3.25. The van der Waals surface area contributed by atoms with Crippen molar-refractivity contribution in [1.82, 2.24) is 0 Å². The Hall–Kier alpha value is -0.760. The zero-order valence-corrected chi connectivity index (χ0v) is 8.48. The SMILES string of the molecule is OCC(Cc1ccco1)C1CCCC1. The second-order valence-corrected chi connectivity index (χ2v) is 4.27. The van der Waals surface area contributed by atoms with Gasteiger partial charge in [-0.25, -0.2) is 0 Å². The van der Waals surface area contributed by atoms with Crippen LogP contribution in [0.2, 0.25) is 0 Å². The minimum Gasteiger partial charge on any atom is -0.469 e. The average molecular weight is 194 g/mol. The predicted molar refractivity (Wildman–Crippen MR) is 54.9 cm³/mol. The molecule has 78 valence electrons. The second kappa shape index (κ2) is 4.65. The minimum absolute atomic E-state index is 0.297. The molecule has 1 aromatic rings. The fourth-order valence-electron chi connectivity index (χ4n) is 2.50. The molecule has 0 aromatic carbocycles. The molecule has 1 aliphatic rings. The standard InChI is InChI=1S/C12H18O2/c13-9-11(10-4-1-2-5-10)8-12-6-3-7-14-12/h3,6-7,10-11,13H,1-2,4-5,8-9H2. The maximum absolute atomic E-state index is 9.34. The van der Waals surface area contributed by atoms with Crippen molar-refractivity contribution in [2.24, 2.45) is 11.8 Å². The first-order valence-electron chi connectivity index (χ1n) is 5.53. The number of furan rings is 1. The largest absolute Gasteiger partial charge is 0.469 e. The number of aliphatic hydroxyl groups excluding tert-OH is 1. The molecule has 0 amide bonds. The maximum Gasteiger partial charge on any atom is 0.104 e. The molecule has 0 radical (unpaired) electrons. The van der Waals surface area contributed by atoms with Gasteiger partial charge in [-0.05, 0) is 24.0 Å². The average Bonchev–Trinajstić information content (AvgIpc) is 2.86. The quantitative estimate of drug-likeness (QED) is 0.799. The predicted octanol–water partition coefficient (Wildman–Crippen LogP) is 2.62. The van der Waals surface area contributed by atoms with E-state index in [1.807, 2.05) is 12.1 Å². The number of hydrogen-bond acceptors (Lipinski definition) is 2. The molecule has 1 heterocycles. The highest BCUT2D eigenvalue weighted by atomic mass is 16.3. The molecule has 0 spiro atoms. The first-order valence-corrected chi connectivity index (χ1v) is 5.53. The van der Waals surface area contributed by atoms with E-state index >= 15 is 0 Å². The molecule has 1 aromatic heterocycles. The van der Waals surface area contributed by atoms with Crippen LogP contribution < -0.4 is 0 Å². The molecular formula is C12H18O2. The van der Waals surface area contributed by atoms with Crippen LogP contribution in [-0.4, -0.2) is 11.7 Å². The Bertz CT molecular complexity index is 247. The van der Waals surface area contributed by atoms with Crippen molar-refractivity contribution in [3.8, 4) is 0 Å². The van der Waals surface area contributed by atoms with Crippen molar-refractivity contribution in [1.29, 1.82) is 0 Å². The van der Waals surface area contributed by atoms with E-state index in [1.54, 1.807) is 6.26 Å². The molecule has 14 heavy (non-hydrogen) atoms. The Morgan fingerprint density at radius 3 is 2.79 bits per heavy atom. The van der Waals surface area contributed by atoms with E-state index < -0.39 is 0 Å². The van der Waals surface area contributed by atoms with Crippen molar-refractivity contribution in [2.45, 2.75) is 32.1 Å². The summed E-state index contributed by atoms with van der Waals surface area (Å²) in [7, 11) is 0. The summed E-state index contributed by atoms with van der Waals surface area (Å²) >= 11 is 0. The topological polar surface area (TPSA) is 33.4 Å². The molecule has 1 saturated carbocycles.